The summed E-state index contributed by atoms with van der Waals surface area (Å²) in [5.41, 5.74) is 1.89. The topological polar surface area (TPSA) is 84.2 Å². The number of aromatic nitrogens is 2. The molecule has 2 N–H and O–H groups in total. The largest absolute Gasteiger partial charge is 0.378 e. The standard InChI is InChI=1S/C23H17Cl2N3O3/c24-18-8-6-14(10-19(18)25)12-28-13-26-20-9-7-16(11-17(20)23(28)31)27-22(30)21(29)15-4-2-1-3-5-15/h1-11,13,21,29H,12H2,(H,27,30)/t21-/m0/s1. The normalized spacial score (nSPS) is 12.0. The first kappa shape index (κ1) is 21.1. The van der Waals surface area contributed by atoms with E-state index in [-0.39, 0.29) is 12.1 Å². The van der Waals surface area contributed by atoms with Crippen LogP contribution in [0, 0.1) is 0 Å². The van der Waals surface area contributed by atoms with Gasteiger partial charge in [-0.3, -0.25) is 14.2 Å². The van der Waals surface area contributed by atoms with Crippen LogP contribution in [0.2, 0.25) is 10.0 Å². The number of carbonyl (C=O) groups is 1. The number of nitrogens with one attached hydrogen (secondary N) is 1. The minimum atomic E-state index is -1.32. The number of carbonyl (C=O) groups excluding carboxylic acids is 1. The van der Waals surface area contributed by atoms with Crippen molar-refractivity contribution in [3.8, 4) is 0 Å². The molecule has 0 spiro atoms. The van der Waals surface area contributed by atoms with E-state index in [9.17, 15) is 14.7 Å². The van der Waals surface area contributed by atoms with Gasteiger partial charge in [0.05, 0.1) is 33.8 Å². The fraction of sp³-hybridized carbons (Fsp3) is 0.0870. The minimum absolute atomic E-state index is 0.266. The predicted molar refractivity (Wildman–Crippen MR) is 122 cm³/mol. The van der Waals surface area contributed by atoms with Crippen molar-refractivity contribution in [3.63, 3.8) is 0 Å². The fourth-order valence-electron chi connectivity index (χ4n) is 3.18. The monoisotopic (exact) mass is 453 g/mol. The van der Waals surface area contributed by atoms with E-state index in [0.29, 0.717) is 32.2 Å². The van der Waals surface area contributed by atoms with Crippen molar-refractivity contribution in [2.45, 2.75) is 12.6 Å². The Balaban J connectivity index is 1.60. The minimum Gasteiger partial charge on any atom is -0.378 e. The summed E-state index contributed by atoms with van der Waals surface area (Å²) in [6, 6.07) is 18.6. The highest BCUT2D eigenvalue weighted by atomic mass is 35.5. The van der Waals surface area contributed by atoms with Crippen LogP contribution >= 0.6 is 23.2 Å². The molecule has 6 nitrogen and oxygen atoms in total. The van der Waals surface area contributed by atoms with Gasteiger partial charge in [0.1, 0.15) is 0 Å². The molecule has 0 saturated heterocycles. The van der Waals surface area contributed by atoms with E-state index in [4.69, 9.17) is 23.2 Å². The van der Waals surface area contributed by atoms with E-state index < -0.39 is 12.0 Å². The van der Waals surface area contributed by atoms with Gasteiger partial charge in [0.25, 0.3) is 11.5 Å². The SMILES string of the molecule is O=C(Nc1ccc2ncn(Cc3ccc(Cl)c(Cl)c3)c(=O)c2c1)[C@@H](O)c1ccccc1. The molecule has 1 heterocycles. The summed E-state index contributed by atoms with van der Waals surface area (Å²) < 4.78 is 1.45. The van der Waals surface area contributed by atoms with Crippen molar-refractivity contribution in [1.82, 2.24) is 9.55 Å². The number of fused-ring (bicyclic) bond motifs is 1. The summed E-state index contributed by atoms with van der Waals surface area (Å²) in [4.78, 5) is 29.7. The fourth-order valence-corrected chi connectivity index (χ4v) is 3.50. The number of rotatable bonds is 5. The second-order valence-electron chi connectivity index (χ2n) is 6.96. The first-order valence-corrected chi connectivity index (χ1v) is 10.1. The maximum absolute atomic E-state index is 13.0. The van der Waals surface area contributed by atoms with Crippen LogP contribution in [0.5, 0.6) is 0 Å². The highest BCUT2D eigenvalue weighted by molar-refractivity contribution is 6.42. The number of hydrogen-bond donors (Lipinski definition) is 2. The molecule has 8 heteroatoms. The number of benzene rings is 3. The summed E-state index contributed by atoms with van der Waals surface area (Å²) in [7, 11) is 0. The number of hydrogen-bond acceptors (Lipinski definition) is 4. The van der Waals surface area contributed by atoms with Gasteiger partial charge in [0, 0.05) is 5.69 Å². The van der Waals surface area contributed by atoms with Crippen LogP contribution in [0.15, 0.2) is 77.9 Å². The van der Waals surface area contributed by atoms with Crippen LogP contribution in [0.4, 0.5) is 5.69 Å². The maximum Gasteiger partial charge on any atom is 0.261 e. The molecule has 0 aliphatic rings. The van der Waals surface area contributed by atoms with Gasteiger partial charge in [0.2, 0.25) is 0 Å². The van der Waals surface area contributed by atoms with E-state index in [2.05, 4.69) is 10.3 Å². The Hall–Kier alpha value is -3.19. The Morgan fingerprint density at radius 2 is 1.81 bits per heavy atom. The number of anilines is 1. The molecule has 1 aromatic heterocycles. The van der Waals surface area contributed by atoms with Gasteiger partial charge in [-0.2, -0.15) is 0 Å². The van der Waals surface area contributed by atoms with E-state index in [0.717, 1.165) is 5.56 Å². The van der Waals surface area contributed by atoms with Crippen molar-refractivity contribution in [3.05, 3.63) is 105 Å². The Bertz CT molecular complexity index is 1320. The van der Waals surface area contributed by atoms with Crippen molar-refractivity contribution >= 4 is 45.7 Å². The molecule has 0 radical (unpaired) electrons. The Labute approximate surface area is 187 Å². The van der Waals surface area contributed by atoms with Crippen LogP contribution in [0.1, 0.15) is 17.2 Å². The lowest BCUT2D eigenvalue weighted by Gasteiger charge is -2.12. The summed E-state index contributed by atoms with van der Waals surface area (Å²) in [6.45, 7) is 0.266. The van der Waals surface area contributed by atoms with E-state index in [1.165, 1.54) is 10.9 Å². The third kappa shape index (κ3) is 4.61. The van der Waals surface area contributed by atoms with Gasteiger partial charge in [-0.15, -0.1) is 0 Å². The number of aliphatic hydroxyl groups is 1. The molecule has 4 aromatic rings. The zero-order chi connectivity index (χ0) is 22.0. The lowest BCUT2D eigenvalue weighted by Crippen LogP contribution is -2.22. The van der Waals surface area contributed by atoms with Crippen molar-refractivity contribution < 1.29 is 9.90 Å². The molecule has 1 atom stereocenters. The number of halogens is 2. The molecule has 0 saturated carbocycles. The van der Waals surface area contributed by atoms with Crippen LogP contribution in [-0.4, -0.2) is 20.6 Å². The van der Waals surface area contributed by atoms with Crippen LogP contribution in [0.25, 0.3) is 10.9 Å². The summed E-state index contributed by atoms with van der Waals surface area (Å²) >= 11 is 12.0. The quantitative estimate of drug-likeness (QED) is 0.468. The van der Waals surface area contributed by atoms with E-state index in [1.807, 2.05) is 0 Å². The Morgan fingerprint density at radius 1 is 1.03 bits per heavy atom. The van der Waals surface area contributed by atoms with Gasteiger partial charge in [-0.25, -0.2) is 4.98 Å². The molecule has 156 valence electrons. The van der Waals surface area contributed by atoms with Gasteiger partial charge >= 0.3 is 0 Å². The smallest absolute Gasteiger partial charge is 0.261 e. The highest BCUT2D eigenvalue weighted by Crippen LogP contribution is 2.23. The molecule has 0 aliphatic heterocycles. The average Bonchev–Trinajstić information content (AvgIpc) is 2.78. The summed E-state index contributed by atoms with van der Waals surface area (Å²) in [5, 5.41) is 14.1. The van der Waals surface area contributed by atoms with Crippen LogP contribution < -0.4 is 10.9 Å². The van der Waals surface area contributed by atoms with E-state index >= 15 is 0 Å². The molecular formula is C23H17Cl2N3O3. The Kier molecular flexibility index (Phi) is 6.04. The lowest BCUT2D eigenvalue weighted by molar-refractivity contribution is -0.124. The lowest BCUT2D eigenvalue weighted by atomic mass is 10.1. The molecule has 1 amide bonds. The molecule has 0 bridgehead atoms. The molecule has 31 heavy (non-hydrogen) atoms. The third-order valence-corrected chi connectivity index (χ3v) is 5.53. The number of amides is 1. The van der Waals surface area contributed by atoms with Crippen LogP contribution in [0.3, 0.4) is 0 Å². The molecule has 4 rings (SSSR count). The number of nitrogens with zero attached hydrogens (tertiary/aromatic N) is 2. The number of aliphatic hydroxyl groups excluding tert-OH is 1. The maximum atomic E-state index is 13.0. The Morgan fingerprint density at radius 3 is 2.55 bits per heavy atom. The zero-order valence-electron chi connectivity index (χ0n) is 16.1. The summed E-state index contributed by atoms with van der Waals surface area (Å²) in [5.74, 6) is -0.592. The van der Waals surface area contributed by atoms with Crippen molar-refractivity contribution in [1.29, 1.82) is 0 Å². The first-order chi connectivity index (χ1) is 14.9. The third-order valence-electron chi connectivity index (χ3n) is 4.79. The van der Waals surface area contributed by atoms with Gasteiger partial charge in [-0.05, 0) is 41.5 Å². The molecule has 0 fully saturated rings. The van der Waals surface area contributed by atoms with E-state index in [1.54, 1.807) is 66.7 Å². The van der Waals surface area contributed by atoms with Gasteiger partial charge in [0.15, 0.2) is 6.10 Å². The molecule has 3 aromatic carbocycles. The highest BCUT2D eigenvalue weighted by Gasteiger charge is 2.17. The van der Waals surface area contributed by atoms with Crippen LogP contribution in [-0.2, 0) is 11.3 Å². The predicted octanol–water partition coefficient (Wildman–Crippen LogP) is 4.42. The van der Waals surface area contributed by atoms with Gasteiger partial charge < -0.3 is 10.4 Å². The second kappa shape index (κ2) is 8.89. The first-order valence-electron chi connectivity index (χ1n) is 9.39. The van der Waals surface area contributed by atoms with Crippen molar-refractivity contribution in [2.24, 2.45) is 0 Å². The van der Waals surface area contributed by atoms with Gasteiger partial charge in [-0.1, -0.05) is 59.6 Å². The zero-order valence-corrected chi connectivity index (χ0v) is 17.6. The molecule has 0 unspecified atom stereocenters. The summed E-state index contributed by atoms with van der Waals surface area (Å²) in [6.07, 6.45) is 0.141. The second-order valence-corrected chi connectivity index (χ2v) is 7.77. The molecular weight excluding hydrogens is 437 g/mol. The molecule has 0 aliphatic carbocycles. The van der Waals surface area contributed by atoms with Crippen molar-refractivity contribution in [2.75, 3.05) is 5.32 Å². The average molecular weight is 454 g/mol.